The van der Waals surface area contributed by atoms with Gasteiger partial charge in [0.2, 0.25) is 5.88 Å². The van der Waals surface area contributed by atoms with E-state index >= 15 is 0 Å². The van der Waals surface area contributed by atoms with Gasteiger partial charge in [-0.25, -0.2) is 9.78 Å². The molecule has 1 aliphatic rings. The molecule has 0 atom stereocenters. The summed E-state index contributed by atoms with van der Waals surface area (Å²) in [6.07, 6.45) is 0.254. The van der Waals surface area contributed by atoms with Gasteiger partial charge in [-0.15, -0.1) is 0 Å². The van der Waals surface area contributed by atoms with E-state index in [-0.39, 0.29) is 5.88 Å². The number of halogens is 3. The van der Waals surface area contributed by atoms with Crippen LogP contribution < -0.4 is 9.47 Å². The maximum atomic E-state index is 12.6. The molecule has 2 aromatic heterocycles. The fourth-order valence-electron chi connectivity index (χ4n) is 3.98. The molecule has 1 amide bonds. The Labute approximate surface area is 207 Å². The molecule has 4 rings (SSSR count). The maximum absolute atomic E-state index is 12.6. The lowest BCUT2D eigenvalue weighted by Gasteiger charge is -2.36. The minimum atomic E-state index is -4.46. The molecule has 0 spiro atoms. The van der Waals surface area contributed by atoms with Gasteiger partial charge in [0.15, 0.2) is 0 Å². The Morgan fingerprint density at radius 2 is 1.75 bits per heavy atom. The minimum absolute atomic E-state index is 0.0283. The molecular weight excluding hydrogens is 473 g/mol. The van der Waals surface area contributed by atoms with Crippen LogP contribution in [0.25, 0.3) is 0 Å². The van der Waals surface area contributed by atoms with E-state index < -0.39 is 17.8 Å². The van der Waals surface area contributed by atoms with Crippen molar-refractivity contribution in [3.8, 4) is 17.4 Å². The largest absolute Gasteiger partial charge is 0.439 e. The van der Waals surface area contributed by atoms with Crippen molar-refractivity contribution in [1.82, 2.24) is 19.8 Å². The van der Waals surface area contributed by atoms with Crippen molar-refractivity contribution in [3.05, 3.63) is 78.2 Å². The van der Waals surface area contributed by atoms with Crippen LogP contribution in [-0.4, -0.2) is 58.6 Å². The first-order chi connectivity index (χ1) is 17.3. The fourth-order valence-corrected chi connectivity index (χ4v) is 3.98. The fraction of sp³-hybridized carbons (Fsp3) is 0.346. The Morgan fingerprint density at radius 3 is 2.36 bits per heavy atom. The number of hydrogen-bond donors (Lipinski definition) is 0. The quantitative estimate of drug-likeness (QED) is 0.431. The van der Waals surface area contributed by atoms with Crippen LogP contribution in [0.4, 0.5) is 18.0 Å². The number of amides is 1. The molecule has 1 saturated heterocycles. The van der Waals surface area contributed by atoms with Crippen LogP contribution in [-0.2, 0) is 12.6 Å². The number of carbonyl (C=O) groups excluding carboxylic acids is 1. The van der Waals surface area contributed by atoms with Crippen molar-refractivity contribution in [2.24, 2.45) is 0 Å². The number of hydrogen-bond acceptors (Lipinski definition) is 6. The second-order valence-electron chi connectivity index (χ2n) is 8.59. The van der Waals surface area contributed by atoms with Crippen LogP contribution in [0.2, 0.25) is 0 Å². The molecule has 0 saturated carbocycles. The maximum Gasteiger partial charge on any atom is 0.417 e. The van der Waals surface area contributed by atoms with Crippen LogP contribution in [0.3, 0.4) is 0 Å². The number of ether oxygens (including phenoxy) is 2. The van der Waals surface area contributed by atoms with Gasteiger partial charge in [-0.3, -0.25) is 4.98 Å². The lowest BCUT2D eigenvalue weighted by Crippen LogP contribution is -2.46. The average Bonchev–Trinajstić information content (AvgIpc) is 2.89. The number of rotatable bonds is 7. The summed E-state index contributed by atoms with van der Waals surface area (Å²) in [5.74, 6) is 0.736. The molecule has 0 aliphatic carbocycles. The molecule has 1 aliphatic heterocycles. The predicted octanol–water partition coefficient (Wildman–Crippen LogP) is 5.43. The van der Waals surface area contributed by atoms with Crippen LogP contribution in [0, 0.1) is 0 Å². The monoisotopic (exact) mass is 500 g/mol. The average molecular weight is 501 g/mol. The van der Waals surface area contributed by atoms with Gasteiger partial charge < -0.3 is 19.3 Å². The van der Waals surface area contributed by atoms with Gasteiger partial charge in [0.25, 0.3) is 0 Å². The molecule has 3 heterocycles. The highest BCUT2D eigenvalue weighted by molar-refractivity contribution is 5.70. The van der Waals surface area contributed by atoms with Crippen molar-refractivity contribution >= 4 is 6.09 Å². The Morgan fingerprint density at radius 1 is 1.03 bits per heavy atom. The zero-order valence-electron chi connectivity index (χ0n) is 19.8. The second-order valence-corrected chi connectivity index (χ2v) is 8.59. The third kappa shape index (κ3) is 6.94. The third-order valence-corrected chi connectivity index (χ3v) is 6.11. The molecule has 0 unspecified atom stereocenters. The standard InChI is InChI=1S/C26H27F3N4O3/c1-32(15-11-20-4-2-3-14-30-20)21-12-16-33(17-13-21)25(34)36-23-8-6-22(7-9-23)35-24-10-5-19(18-31-24)26(27,28)29/h2-10,14,18,21H,11-13,15-17H2,1H3. The number of piperidine rings is 1. The smallest absolute Gasteiger partial charge is 0.417 e. The zero-order chi connectivity index (χ0) is 25.5. The van der Waals surface area contributed by atoms with E-state index in [9.17, 15) is 18.0 Å². The summed E-state index contributed by atoms with van der Waals surface area (Å²) < 4.78 is 48.9. The van der Waals surface area contributed by atoms with E-state index in [1.807, 2.05) is 18.2 Å². The van der Waals surface area contributed by atoms with Gasteiger partial charge in [0, 0.05) is 56.3 Å². The summed E-state index contributed by atoms with van der Waals surface area (Å²) >= 11 is 0. The molecule has 10 heteroatoms. The first kappa shape index (κ1) is 25.4. The SMILES string of the molecule is CN(CCc1ccccn1)C1CCN(C(=O)Oc2ccc(Oc3ccc(C(F)(F)F)cn3)cc2)CC1. The zero-order valence-corrected chi connectivity index (χ0v) is 19.8. The number of benzene rings is 1. The highest BCUT2D eigenvalue weighted by Gasteiger charge is 2.31. The normalized spacial score (nSPS) is 14.6. The summed E-state index contributed by atoms with van der Waals surface area (Å²) in [6.45, 7) is 2.12. The van der Waals surface area contributed by atoms with Crippen molar-refractivity contribution in [2.75, 3.05) is 26.7 Å². The van der Waals surface area contributed by atoms with Gasteiger partial charge in [-0.1, -0.05) is 6.07 Å². The molecule has 0 bridgehead atoms. The molecule has 0 radical (unpaired) electrons. The van der Waals surface area contributed by atoms with Crippen molar-refractivity contribution in [3.63, 3.8) is 0 Å². The Bertz CT molecular complexity index is 1120. The Hall–Kier alpha value is -3.66. The van der Waals surface area contributed by atoms with Gasteiger partial charge in [0.1, 0.15) is 11.5 Å². The van der Waals surface area contributed by atoms with Crippen molar-refractivity contribution < 1.29 is 27.4 Å². The highest BCUT2D eigenvalue weighted by Crippen LogP contribution is 2.30. The van der Waals surface area contributed by atoms with E-state index in [0.717, 1.165) is 43.6 Å². The number of nitrogens with zero attached hydrogens (tertiary/aromatic N) is 4. The summed E-state index contributed by atoms with van der Waals surface area (Å²) in [6, 6.07) is 14.6. The van der Waals surface area contributed by atoms with E-state index in [0.29, 0.717) is 36.8 Å². The topological polar surface area (TPSA) is 67.8 Å². The summed E-state index contributed by atoms with van der Waals surface area (Å²) in [7, 11) is 2.10. The Balaban J connectivity index is 1.21. The molecule has 1 fully saturated rings. The van der Waals surface area contributed by atoms with Crippen LogP contribution in [0.5, 0.6) is 17.4 Å². The van der Waals surface area contributed by atoms with Crippen LogP contribution >= 0.6 is 0 Å². The Kier molecular flexibility index (Phi) is 8.04. The first-order valence-electron chi connectivity index (χ1n) is 11.7. The minimum Gasteiger partial charge on any atom is -0.439 e. The van der Waals surface area contributed by atoms with Crippen LogP contribution in [0.15, 0.2) is 67.0 Å². The molecule has 0 N–H and O–H groups in total. The number of pyridine rings is 2. The molecule has 190 valence electrons. The number of aromatic nitrogens is 2. The summed E-state index contributed by atoms with van der Waals surface area (Å²) in [4.78, 5) is 24.6. The van der Waals surface area contributed by atoms with Gasteiger partial charge >= 0.3 is 12.3 Å². The van der Waals surface area contributed by atoms with Gasteiger partial charge in [-0.05, 0) is 62.4 Å². The molecule has 36 heavy (non-hydrogen) atoms. The molecule has 1 aromatic carbocycles. The van der Waals surface area contributed by atoms with E-state index in [4.69, 9.17) is 9.47 Å². The van der Waals surface area contributed by atoms with Gasteiger partial charge in [0.05, 0.1) is 5.56 Å². The summed E-state index contributed by atoms with van der Waals surface area (Å²) in [5.41, 5.74) is 0.217. The van der Waals surface area contributed by atoms with Crippen LogP contribution in [0.1, 0.15) is 24.1 Å². The predicted molar refractivity (Wildman–Crippen MR) is 127 cm³/mol. The lowest BCUT2D eigenvalue weighted by molar-refractivity contribution is -0.137. The molecule has 7 nitrogen and oxygen atoms in total. The van der Waals surface area contributed by atoms with E-state index in [1.54, 1.807) is 35.4 Å². The molecular formula is C26H27F3N4O3. The second kappa shape index (κ2) is 11.4. The number of likely N-dealkylation sites (N-methyl/N-ethyl adjacent to an activating group) is 1. The number of alkyl halides is 3. The third-order valence-electron chi connectivity index (χ3n) is 6.11. The molecule has 3 aromatic rings. The summed E-state index contributed by atoms with van der Waals surface area (Å²) in [5, 5.41) is 0. The van der Waals surface area contributed by atoms with Crippen molar-refractivity contribution in [1.29, 1.82) is 0 Å². The van der Waals surface area contributed by atoms with E-state index in [2.05, 4.69) is 21.9 Å². The van der Waals surface area contributed by atoms with Gasteiger partial charge in [-0.2, -0.15) is 13.2 Å². The number of likely N-dealkylation sites (tertiary alicyclic amines) is 1. The highest BCUT2D eigenvalue weighted by atomic mass is 19.4. The van der Waals surface area contributed by atoms with Crippen molar-refractivity contribution in [2.45, 2.75) is 31.5 Å². The lowest BCUT2D eigenvalue weighted by atomic mass is 10.0. The van der Waals surface area contributed by atoms with E-state index in [1.165, 1.54) is 0 Å². The number of carbonyl (C=O) groups is 1. The first-order valence-corrected chi connectivity index (χ1v) is 11.7.